The van der Waals surface area contributed by atoms with Crippen LogP contribution in [-0.2, 0) is 9.59 Å². The number of rotatable bonds is 2. The van der Waals surface area contributed by atoms with E-state index >= 15 is 0 Å². The van der Waals surface area contributed by atoms with Crippen molar-refractivity contribution < 1.29 is 14.3 Å². The first-order chi connectivity index (χ1) is 9.35. The van der Waals surface area contributed by atoms with E-state index in [1.165, 1.54) is 0 Å². The van der Waals surface area contributed by atoms with Crippen LogP contribution in [0.15, 0.2) is 22.7 Å². The smallest absolute Gasteiger partial charge is 0.252 e. The maximum Gasteiger partial charge on any atom is 0.252 e. The van der Waals surface area contributed by atoms with Gasteiger partial charge in [0.25, 0.3) is 5.91 Å². The first kappa shape index (κ1) is 14.8. The molecule has 1 aromatic rings. The number of carbonyl (C=O) groups is 2. The molecule has 1 fully saturated rings. The second-order valence-electron chi connectivity index (χ2n) is 5.20. The van der Waals surface area contributed by atoms with Crippen LogP contribution in [0.25, 0.3) is 0 Å². The predicted molar refractivity (Wildman–Crippen MR) is 79.9 cm³/mol. The second-order valence-corrected chi connectivity index (χ2v) is 6.05. The van der Waals surface area contributed by atoms with Gasteiger partial charge < -0.3 is 15.0 Å². The first-order valence-electron chi connectivity index (χ1n) is 6.31. The van der Waals surface area contributed by atoms with E-state index in [-0.39, 0.29) is 11.8 Å². The summed E-state index contributed by atoms with van der Waals surface area (Å²) in [6.07, 6.45) is 0.290. The Hall–Kier alpha value is -1.56. The van der Waals surface area contributed by atoms with Crippen molar-refractivity contribution in [2.45, 2.75) is 25.8 Å². The van der Waals surface area contributed by atoms with Crippen LogP contribution in [-0.4, -0.2) is 31.0 Å². The van der Waals surface area contributed by atoms with Gasteiger partial charge in [-0.1, -0.05) is 0 Å². The van der Waals surface area contributed by atoms with Crippen molar-refractivity contribution in [2.75, 3.05) is 18.6 Å². The number of methoxy groups -OCH3 is 1. The Morgan fingerprint density at radius 1 is 1.35 bits per heavy atom. The summed E-state index contributed by atoms with van der Waals surface area (Å²) in [6, 6.07) is 5.43. The molecule has 1 aromatic carbocycles. The maximum atomic E-state index is 12.5. The number of carbonyl (C=O) groups excluding carboxylic acids is 2. The van der Waals surface area contributed by atoms with E-state index in [0.717, 1.165) is 10.2 Å². The molecule has 1 saturated heterocycles. The highest BCUT2D eigenvalue weighted by Gasteiger charge is 2.37. The van der Waals surface area contributed by atoms with Gasteiger partial charge in [0.1, 0.15) is 11.3 Å². The SMILES string of the molecule is COc1ccc(N2CCC(=O)NC(C)(C)C2=O)cc1Br. The van der Waals surface area contributed by atoms with Crippen molar-refractivity contribution in [2.24, 2.45) is 0 Å². The van der Waals surface area contributed by atoms with Gasteiger partial charge in [-0.3, -0.25) is 9.59 Å². The molecule has 1 heterocycles. The zero-order valence-electron chi connectivity index (χ0n) is 11.7. The topological polar surface area (TPSA) is 58.6 Å². The van der Waals surface area contributed by atoms with Crippen LogP contribution in [0, 0.1) is 0 Å². The summed E-state index contributed by atoms with van der Waals surface area (Å²) in [4.78, 5) is 25.8. The molecule has 20 heavy (non-hydrogen) atoms. The average Bonchev–Trinajstić information content (AvgIpc) is 2.47. The molecule has 2 rings (SSSR count). The summed E-state index contributed by atoms with van der Waals surface area (Å²) in [6.45, 7) is 3.79. The Morgan fingerprint density at radius 2 is 2.05 bits per heavy atom. The van der Waals surface area contributed by atoms with Crippen LogP contribution in [0.3, 0.4) is 0 Å². The molecule has 0 saturated carbocycles. The Bertz CT molecular complexity index is 557. The Balaban J connectivity index is 2.37. The van der Waals surface area contributed by atoms with Crippen LogP contribution >= 0.6 is 15.9 Å². The van der Waals surface area contributed by atoms with Gasteiger partial charge in [0, 0.05) is 18.7 Å². The fraction of sp³-hybridized carbons (Fsp3) is 0.429. The monoisotopic (exact) mass is 340 g/mol. The van der Waals surface area contributed by atoms with E-state index in [4.69, 9.17) is 4.74 Å². The fourth-order valence-corrected chi connectivity index (χ4v) is 2.71. The van der Waals surface area contributed by atoms with Crippen molar-refractivity contribution in [3.05, 3.63) is 22.7 Å². The van der Waals surface area contributed by atoms with Gasteiger partial charge in [0.05, 0.1) is 11.6 Å². The molecule has 0 aliphatic carbocycles. The average molecular weight is 341 g/mol. The van der Waals surface area contributed by atoms with Crippen molar-refractivity contribution in [3.8, 4) is 5.75 Å². The minimum Gasteiger partial charge on any atom is -0.496 e. The lowest BCUT2D eigenvalue weighted by molar-refractivity contribution is -0.128. The van der Waals surface area contributed by atoms with Gasteiger partial charge in [-0.15, -0.1) is 0 Å². The number of benzene rings is 1. The van der Waals surface area contributed by atoms with Crippen LogP contribution in [0.4, 0.5) is 5.69 Å². The predicted octanol–water partition coefficient (Wildman–Crippen LogP) is 2.09. The molecule has 0 bridgehead atoms. The van der Waals surface area contributed by atoms with Gasteiger partial charge in [-0.25, -0.2) is 0 Å². The van der Waals surface area contributed by atoms with Gasteiger partial charge in [0.2, 0.25) is 5.91 Å². The number of anilines is 1. The zero-order valence-corrected chi connectivity index (χ0v) is 13.3. The van der Waals surface area contributed by atoms with E-state index < -0.39 is 5.54 Å². The highest BCUT2D eigenvalue weighted by molar-refractivity contribution is 9.10. The number of hydrogen-bond donors (Lipinski definition) is 1. The van der Waals surface area contributed by atoms with E-state index in [9.17, 15) is 9.59 Å². The number of nitrogens with one attached hydrogen (secondary N) is 1. The van der Waals surface area contributed by atoms with E-state index in [2.05, 4.69) is 21.2 Å². The van der Waals surface area contributed by atoms with Gasteiger partial charge in [-0.2, -0.15) is 0 Å². The van der Waals surface area contributed by atoms with Crippen molar-refractivity contribution >= 4 is 33.4 Å². The third kappa shape index (κ3) is 2.80. The minimum atomic E-state index is -0.903. The molecule has 0 radical (unpaired) electrons. The van der Waals surface area contributed by atoms with E-state index in [0.29, 0.717) is 18.7 Å². The van der Waals surface area contributed by atoms with Gasteiger partial charge in [0.15, 0.2) is 0 Å². The van der Waals surface area contributed by atoms with Crippen molar-refractivity contribution in [1.82, 2.24) is 5.32 Å². The lowest BCUT2D eigenvalue weighted by atomic mass is 10.0. The summed E-state index contributed by atoms with van der Waals surface area (Å²) in [7, 11) is 1.59. The Morgan fingerprint density at radius 3 is 2.65 bits per heavy atom. The highest BCUT2D eigenvalue weighted by atomic mass is 79.9. The number of hydrogen-bond acceptors (Lipinski definition) is 3. The Kier molecular flexibility index (Phi) is 4.04. The molecule has 5 nitrogen and oxygen atoms in total. The molecule has 1 N–H and O–H groups in total. The fourth-order valence-electron chi connectivity index (χ4n) is 2.19. The summed E-state index contributed by atoms with van der Waals surface area (Å²) >= 11 is 3.41. The van der Waals surface area contributed by atoms with E-state index in [1.54, 1.807) is 31.9 Å². The number of amides is 2. The van der Waals surface area contributed by atoms with E-state index in [1.807, 2.05) is 12.1 Å². The van der Waals surface area contributed by atoms with Gasteiger partial charge >= 0.3 is 0 Å². The van der Waals surface area contributed by atoms with Gasteiger partial charge in [-0.05, 0) is 48.0 Å². The van der Waals surface area contributed by atoms with Crippen LogP contribution in [0.2, 0.25) is 0 Å². The maximum absolute atomic E-state index is 12.5. The lowest BCUT2D eigenvalue weighted by Crippen LogP contribution is -2.53. The largest absolute Gasteiger partial charge is 0.496 e. The van der Waals surface area contributed by atoms with Crippen LogP contribution in [0.5, 0.6) is 5.75 Å². The normalized spacial score (nSPS) is 18.5. The lowest BCUT2D eigenvalue weighted by Gasteiger charge is -2.29. The molecule has 0 unspecified atom stereocenters. The van der Waals surface area contributed by atoms with Crippen LogP contribution in [0.1, 0.15) is 20.3 Å². The molecule has 108 valence electrons. The minimum absolute atomic E-state index is 0.113. The summed E-state index contributed by atoms with van der Waals surface area (Å²) in [5.41, 5.74) is -0.160. The first-order valence-corrected chi connectivity index (χ1v) is 7.11. The third-order valence-corrected chi connectivity index (χ3v) is 3.86. The summed E-state index contributed by atoms with van der Waals surface area (Å²) in [5.74, 6) is 0.461. The molecule has 0 spiro atoms. The molecular formula is C14H17BrN2O3. The standard InChI is InChI=1S/C14H17BrN2O3/c1-14(2)13(19)17(7-6-12(18)16-14)9-4-5-11(20-3)10(15)8-9/h4-5,8H,6-7H2,1-3H3,(H,16,18). The molecule has 0 atom stereocenters. The molecule has 2 amide bonds. The van der Waals surface area contributed by atoms with Crippen molar-refractivity contribution in [1.29, 1.82) is 0 Å². The molecule has 6 heteroatoms. The number of halogens is 1. The molecule has 1 aliphatic heterocycles. The third-order valence-electron chi connectivity index (χ3n) is 3.24. The number of ether oxygens (including phenoxy) is 1. The molecular weight excluding hydrogens is 324 g/mol. The second kappa shape index (κ2) is 5.44. The molecule has 0 aromatic heterocycles. The quantitative estimate of drug-likeness (QED) is 0.896. The summed E-state index contributed by atoms with van der Waals surface area (Å²) < 4.78 is 5.95. The summed E-state index contributed by atoms with van der Waals surface area (Å²) in [5, 5.41) is 2.74. The Labute approximate surface area is 126 Å². The number of nitrogens with zero attached hydrogens (tertiary/aromatic N) is 1. The molecule has 1 aliphatic rings. The van der Waals surface area contributed by atoms with Crippen LogP contribution < -0.4 is 15.0 Å². The zero-order chi connectivity index (χ0) is 14.9. The highest BCUT2D eigenvalue weighted by Crippen LogP contribution is 2.31. The van der Waals surface area contributed by atoms with Crippen molar-refractivity contribution in [3.63, 3.8) is 0 Å².